The number of hydrogen-bond acceptors (Lipinski definition) is 4. The molecule has 0 saturated heterocycles. The number of fused-ring (bicyclic) bond motifs is 1. The molecule has 1 aliphatic heterocycles. The Kier molecular flexibility index (Phi) is 4.06. The van der Waals surface area contributed by atoms with Crippen LogP contribution in [0.5, 0.6) is 11.5 Å². The van der Waals surface area contributed by atoms with E-state index in [-0.39, 0.29) is 0 Å². The number of hydrogen-bond donors (Lipinski definition) is 1. The number of rotatable bonds is 4. The molecule has 0 amide bonds. The molecule has 0 saturated carbocycles. The zero-order valence-electron chi connectivity index (χ0n) is 11.6. The van der Waals surface area contributed by atoms with Gasteiger partial charge < -0.3 is 20.1 Å². The smallest absolute Gasteiger partial charge is 0.142 e. The molecule has 110 valence electrons. The van der Waals surface area contributed by atoms with Crippen molar-refractivity contribution in [2.75, 3.05) is 36.9 Å². The van der Waals surface area contributed by atoms with E-state index in [1.807, 2.05) is 42.5 Å². The fourth-order valence-electron chi connectivity index (χ4n) is 2.33. The molecule has 5 heteroatoms. The van der Waals surface area contributed by atoms with E-state index in [2.05, 4.69) is 4.90 Å². The zero-order chi connectivity index (χ0) is 14.7. The van der Waals surface area contributed by atoms with Crippen molar-refractivity contribution in [1.82, 2.24) is 0 Å². The van der Waals surface area contributed by atoms with Gasteiger partial charge in [-0.15, -0.1) is 0 Å². The lowest BCUT2D eigenvalue weighted by atomic mass is 10.2. The molecule has 2 N–H and O–H groups in total. The zero-order valence-corrected chi connectivity index (χ0v) is 12.3. The van der Waals surface area contributed by atoms with Gasteiger partial charge in [-0.1, -0.05) is 11.6 Å². The quantitative estimate of drug-likeness (QED) is 0.881. The fraction of sp³-hybridized carbons (Fsp3) is 0.250. The molecule has 2 aromatic rings. The largest absolute Gasteiger partial charge is 0.492 e. The number of nitrogens with two attached hydrogens (primary N) is 1. The van der Waals surface area contributed by atoms with E-state index in [1.54, 1.807) is 0 Å². The van der Waals surface area contributed by atoms with Gasteiger partial charge in [-0.05, 0) is 42.5 Å². The molecule has 4 nitrogen and oxygen atoms in total. The minimum absolute atomic E-state index is 0.593. The highest BCUT2D eigenvalue weighted by atomic mass is 35.5. The third-order valence-corrected chi connectivity index (χ3v) is 3.64. The number of nitrogen functional groups attached to an aromatic ring is 1. The molecule has 0 aromatic heterocycles. The van der Waals surface area contributed by atoms with Gasteiger partial charge in [0.25, 0.3) is 0 Å². The van der Waals surface area contributed by atoms with Crippen LogP contribution in [0, 0.1) is 0 Å². The van der Waals surface area contributed by atoms with Crippen molar-refractivity contribution in [3.63, 3.8) is 0 Å². The maximum Gasteiger partial charge on any atom is 0.142 e. The molecular formula is C16H17ClN2O2. The van der Waals surface area contributed by atoms with Gasteiger partial charge in [0.15, 0.2) is 0 Å². The van der Waals surface area contributed by atoms with Crippen LogP contribution in [0.4, 0.5) is 11.4 Å². The van der Waals surface area contributed by atoms with Gasteiger partial charge in [-0.25, -0.2) is 0 Å². The van der Waals surface area contributed by atoms with Gasteiger partial charge in [0.05, 0.1) is 18.8 Å². The molecule has 0 fully saturated rings. The third-order valence-electron chi connectivity index (χ3n) is 3.39. The number of halogens is 1. The minimum atomic E-state index is 0.593. The van der Waals surface area contributed by atoms with Crippen LogP contribution in [0.3, 0.4) is 0 Å². The first-order valence-electron chi connectivity index (χ1n) is 6.88. The summed E-state index contributed by atoms with van der Waals surface area (Å²) in [6, 6.07) is 13.1. The van der Waals surface area contributed by atoms with Crippen molar-refractivity contribution in [3.05, 3.63) is 47.5 Å². The number of benzene rings is 2. The van der Waals surface area contributed by atoms with Crippen LogP contribution < -0.4 is 20.1 Å². The predicted molar refractivity (Wildman–Crippen MR) is 85.5 cm³/mol. The second-order valence-electron chi connectivity index (χ2n) is 4.87. The molecule has 0 aliphatic carbocycles. The van der Waals surface area contributed by atoms with E-state index in [0.717, 1.165) is 36.0 Å². The van der Waals surface area contributed by atoms with E-state index in [9.17, 15) is 0 Å². The predicted octanol–water partition coefficient (Wildman–Crippen LogP) is 3.20. The SMILES string of the molecule is Nc1ccc2c(c1)N(CCOc1ccc(Cl)cc1)CCO2. The van der Waals surface area contributed by atoms with Crippen LogP contribution in [-0.4, -0.2) is 26.3 Å². The Morgan fingerprint density at radius 2 is 2.00 bits per heavy atom. The Morgan fingerprint density at radius 3 is 2.81 bits per heavy atom. The maximum absolute atomic E-state index is 5.85. The summed E-state index contributed by atoms with van der Waals surface area (Å²) in [6.45, 7) is 2.89. The van der Waals surface area contributed by atoms with Crippen molar-refractivity contribution in [1.29, 1.82) is 0 Å². The first-order valence-corrected chi connectivity index (χ1v) is 7.26. The van der Waals surface area contributed by atoms with Crippen LogP contribution in [0.2, 0.25) is 5.02 Å². The Labute approximate surface area is 129 Å². The average Bonchev–Trinajstić information content (AvgIpc) is 2.50. The highest BCUT2D eigenvalue weighted by Crippen LogP contribution is 2.33. The first kappa shape index (κ1) is 13.9. The second-order valence-corrected chi connectivity index (χ2v) is 5.30. The first-order chi connectivity index (χ1) is 10.2. The molecule has 0 radical (unpaired) electrons. The summed E-state index contributed by atoms with van der Waals surface area (Å²) in [5.74, 6) is 1.70. The molecule has 1 heterocycles. The molecule has 0 bridgehead atoms. The van der Waals surface area contributed by atoms with Crippen molar-refractivity contribution in [2.24, 2.45) is 0 Å². The van der Waals surface area contributed by atoms with Gasteiger partial charge in [0, 0.05) is 10.7 Å². The molecular weight excluding hydrogens is 288 g/mol. The van der Waals surface area contributed by atoms with Gasteiger partial charge in [-0.2, -0.15) is 0 Å². The molecule has 1 aliphatic rings. The Bertz CT molecular complexity index is 616. The van der Waals surface area contributed by atoms with Crippen LogP contribution in [-0.2, 0) is 0 Å². The highest BCUT2D eigenvalue weighted by molar-refractivity contribution is 6.30. The topological polar surface area (TPSA) is 47.7 Å². The highest BCUT2D eigenvalue weighted by Gasteiger charge is 2.17. The van der Waals surface area contributed by atoms with Gasteiger partial charge in [0.2, 0.25) is 0 Å². The van der Waals surface area contributed by atoms with Crippen LogP contribution in [0.15, 0.2) is 42.5 Å². The Hall–Kier alpha value is -2.07. The molecule has 0 atom stereocenters. The summed E-state index contributed by atoms with van der Waals surface area (Å²) >= 11 is 5.85. The summed E-state index contributed by atoms with van der Waals surface area (Å²) in [5, 5.41) is 0.708. The third kappa shape index (κ3) is 3.34. The molecule has 21 heavy (non-hydrogen) atoms. The molecule has 0 spiro atoms. The van der Waals surface area contributed by atoms with Crippen molar-refractivity contribution >= 4 is 23.0 Å². The molecule has 0 unspecified atom stereocenters. The van der Waals surface area contributed by atoms with Gasteiger partial charge in [0.1, 0.15) is 24.7 Å². The minimum Gasteiger partial charge on any atom is -0.492 e. The maximum atomic E-state index is 5.85. The lowest BCUT2D eigenvalue weighted by Gasteiger charge is -2.31. The van der Waals surface area contributed by atoms with Crippen molar-refractivity contribution in [2.45, 2.75) is 0 Å². The molecule has 3 rings (SSSR count). The fourth-order valence-corrected chi connectivity index (χ4v) is 2.45. The molecule has 2 aromatic carbocycles. The lowest BCUT2D eigenvalue weighted by molar-refractivity contribution is 0.288. The van der Waals surface area contributed by atoms with Crippen molar-refractivity contribution in [3.8, 4) is 11.5 Å². The summed E-state index contributed by atoms with van der Waals surface area (Å²) < 4.78 is 11.4. The Morgan fingerprint density at radius 1 is 1.19 bits per heavy atom. The van der Waals surface area contributed by atoms with E-state index in [1.165, 1.54) is 0 Å². The van der Waals surface area contributed by atoms with Gasteiger partial charge >= 0.3 is 0 Å². The summed E-state index contributed by atoms with van der Waals surface area (Å²) in [5.41, 5.74) is 7.62. The van der Waals surface area contributed by atoms with E-state index in [4.69, 9.17) is 26.8 Å². The number of nitrogens with zero attached hydrogens (tertiary/aromatic N) is 1. The lowest BCUT2D eigenvalue weighted by Crippen LogP contribution is -2.35. The summed E-state index contributed by atoms with van der Waals surface area (Å²) in [7, 11) is 0. The number of ether oxygens (including phenoxy) is 2. The Balaban J connectivity index is 1.61. The van der Waals surface area contributed by atoms with Crippen LogP contribution in [0.1, 0.15) is 0 Å². The van der Waals surface area contributed by atoms with Crippen molar-refractivity contribution < 1.29 is 9.47 Å². The normalized spacial score (nSPS) is 13.5. The van der Waals surface area contributed by atoms with E-state index in [0.29, 0.717) is 18.2 Å². The van der Waals surface area contributed by atoms with E-state index < -0.39 is 0 Å². The summed E-state index contributed by atoms with van der Waals surface area (Å²) in [4.78, 5) is 2.23. The van der Waals surface area contributed by atoms with Gasteiger partial charge in [-0.3, -0.25) is 0 Å². The average molecular weight is 305 g/mol. The monoisotopic (exact) mass is 304 g/mol. The van der Waals surface area contributed by atoms with E-state index >= 15 is 0 Å². The summed E-state index contributed by atoms with van der Waals surface area (Å²) in [6.07, 6.45) is 0. The standard InChI is InChI=1S/C16H17ClN2O2/c17-12-1-4-14(5-2-12)20-9-7-19-8-10-21-16-6-3-13(18)11-15(16)19/h1-6,11H,7-10,18H2. The number of anilines is 2. The second kappa shape index (κ2) is 6.14. The van der Waals surface area contributed by atoms with Crippen LogP contribution >= 0.6 is 11.6 Å². The van der Waals surface area contributed by atoms with Crippen LogP contribution in [0.25, 0.3) is 0 Å².